The number of carbonyl (C=O) groups is 1. The van der Waals surface area contributed by atoms with Crippen LogP contribution in [-0.2, 0) is 13.1 Å². The number of hydrogen-bond acceptors (Lipinski definition) is 6. The lowest BCUT2D eigenvalue weighted by Crippen LogP contribution is -2.36. The van der Waals surface area contributed by atoms with Gasteiger partial charge in [0, 0.05) is 58.6 Å². The Kier molecular flexibility index (Phi) is 6.13. The molecule has 1 fully saturated rings. The number of aromatic amines is 1. The number of hydrogen-bond donors (Lipinski definition) is 1. The molecule has 3 heterocycles. The van der Waals surface area contributed by atoms with E-state index in [1.807, 2.05) is 36.9 Å². The summed E-state index contributed by atoms with van der Waals surface area (Å²) < 4.78 is 1.81. The minimum Gasteiger partial charge on any atom is -0.348 e. The molecule has 1 amide bonds. The van der Waals surface area contributed by atoms with E-state index in [9.17, 15) is 9.59 Å². The van der Waals surface area contributed by atoms with Crippen LogP contribution in [0.1, 0.15) is 35.8 Å². The van der Waals surface area contributed by atoms with E-state index in [1.54, 1.807) is 11.1 Å². The van der Waals surface area contributed by atoms with Crippen molar-refractivity contribution in [2.24, 2.45) is 0 Å². The van der Waals surface area contributed by atoms with Crippen molar-refractivity contribution >= 4 is 11.9 Å². The smallest absolute Gasteiger partial charge is 0.257 e. The zero-order valence-electron chi connectivity index (χ0n) is 17.1. The molecule has 3 rings (SSSR count). The van der Waals surface area contributed by atoms with E-state index >= 15 is 0 Å². The molecule has 0 aliphatic carbocycles. The van der Waals surface area contributed by atoms with Gasteiger partial charge in [0.15, 0.2) is 0 Å². The van der Waals surface area contributed by atoms with Crippen LogP contribution in [0.3, 0.4) is 0 Å². The third-order valence-corrected chi connectivity index (χ3v) is 5.02. The first kappa shape index (κ1) is 20.1. The highest BCUT2D eigenvalue weighted by Crippen LogP contribution is 2.18. The van der Waals surface area contributed by atoms with E-state index in [4.69, 9.17) is 0 Å². The van der Waals surface area contributed by atoms with Crippen LogP contribution < -0.4 is 10.5 Å². The summed E-state index contributed by atoms with van der Waals surface area (Å²) in [4.78, 5) is 37.7. The van der Waals surface area contributed by atoms with Gasteiger partial charge in [0.1, 0.15) is 0 Å². The fourth-order valence-electron chi connectivity index (χ4n) is 3.47. The van der Waals surface area contributed by atoms with E-state index in [0.29, 0.717) is 24.6 Å². The van der Waals surface area contributed by atoms with Crippen molar-refractivity contribution < 1.29 is 4.79 Å². The highest BCUT2D eigenvalue weighted by atomic mass is 16.2. The van der Waals surface area contributed by atoms with Gasteiger partial charge in [-0.25, -0.2) is 4.98 Å². The number of anilines is 1. The number of H-pyrrole nitrogens is 1. The summed E-state index contributed by atoms with van der Waals surface area (Å²) in [5.41, 5.74) is 1.21. The number of rotatable bonds is 7. The molecule has 9 nitrogen and oxygen atoms in total. The van der Waals surface area contributed by atoms with E-state index in [0.717, 1.165) is 31.6 Å². The van der Waals surface area contributed by atoms with Crippen LogP contribution in [0, 0.1) is 0 Å². The zero-order valence-corrected chi connectivity index (χ0v) is 17.1. The summed E-state index contributed by atoms with van der Waals surface area (Å²) in [5.74, 6) is 0.575. The van der Waals surface area contributed by atoms with Crippen molar-refractivity contribution in [2.75, 3.05) is 39.1 Å². The number of amides is 1. The molecule has 0 bridgehead atoms. The first-order valence-corrected chi connectivity index (χ1v) is 9.67. The lowest BCUT2D eigenvalue weighted by Gasteiger charge is -2.24. The van der Waals surface area contributed by atoms with Gasteiger partial charge in [-0.1, -0.05) is 6.92 Å². The summed E-state index contributed by atoms with van der Waals surface area (Å²) in [6, 6.07) is 1.77. The fraction of sp³-hybridized carbons (Fsp3) is 0.579. The van der Waals surface area contributed by atoms with Gasteiger partial charge in [0.05, 0.1) is 17.5 Å². The third-order valence-electron chi connectivity index (χ3n) is 5.02. The molecule has 1 aliphatic rings. The summed E-state index contributed by atoms with van der Waals surface area (Å²) >= 11 is 0. The van der Waals surface area contributed by atoms with Gasteiger partial charge in [-0.3, -0.25) is 24.2 Å². The predicted molar refractivity (Wildman–Crippen MR) is 107 cm³/mol. The van der Waals surface area contributed by atoms with Gasteiger partial charge in [-0.05, 0) is 19.9 Å². The Hall–Kier alpha value is -2.68. The molecule has 1 atom stereocenters. The normalized spacial score (nSPS) is 16.8. The van der Waals surface area contributed by atoms with Crippen LogP contribution in [0.2, 0.25) is 0 Å². The Morgan fingerprint density at radius 3 is 2.86 bits per heavy atom. The number of carbonyl (C=O) groups excluding carboxylic acids is 1. The summed E-state index contributed by atoms with van der Waals surface area (Å²) in [6.45, 7) is 4.85. The van der Waals surface area contributed by atoms with Crippen LogP contribution in [0.25, 0.3) is 0 Å². The summed E-state index contributed by atoms with van der Waals surface area (Å²) in [7, 11) is 5.69. The number of likely N-dealkylation sites (N-methyl/N-ethyl adjacent to an activating group) is 1. The number of aromatic nitrogens is 4. The SMILES string of the molecule is CCCn1cc(C(=O)N2CC[C@H](N(C)Cc3cc(=O)[nH]c(N(C)C)n3)C2)cn1. The Bertz CT molecular complexity index is 873. The molecular formula is C19H29N7O2. The van der Waals surface area contributed by atoms with Gasteiger partial charge < -0.3 is 9.80 Å². The summed E-state index contributed by atoms with van der Waals surface area (Å²) in [6.07, 6.45) is 5.36. The van der Waals surface area contributed by atoms with Crippen molar-refractivity contribution in [1.82, 2.24) is 29.5 Å². The van der Waals surface area contributed by atoms with Gasteiger partial charge >= 0.3 is 0 Å². The first-order valence-electron chi connectivity index (χ1n) is 9.67. The van der Waals surface area contributed by atoms with Crippen LogP contribution in [0.5, 0.6) is 0 Å². The van der Waals surface area contributed by atoms with Crippen LogP contribution >= 0.6 is 0 Å². The predicted octanol–water partition coefficient (Wildman–Crippen LogP) is 0.789. The fourth-order valence-corrected chi connectivity index (χ4v) is 3.47. The van der Waals surface area contributed by atoms with E-state index in [-0.39, 0.29) is 17.5 Å². The molecule has 28 heavy (non-hydrogen) atoms. The lowest BCUT2D eigenvalue weighted by atomic mass is 10.2. The van der Waals surface area contributed by atoms with E-state index < -0.39 is 0 Å². The van der Waals surface area contributed by atoms with Crippen molar-refractivity contribution in [3.63, 3.8) is 0 Å². The average Bonchev–Trinajstić information content (AvgIpc) is 3.30. The third kappa shape index (κ3) is 4.59. The molecule has 0 saturated carbocycles. The molecule has 1 saturated heterocycles. The molecule has 0 radical (unpaired) electrons. The lowest BCUT2D eigenvalue weighted by molar-refractivity contribution is 0.0779. The first-order chi connectivity index (χ1) is 13.4. The molecule has 1 N–H and O–H groups in total. The Labute approximate surface area is 165 Å². The van der Waals surface area contributed by atoms with E-state index in [2.05, 4.69) is 26.9 Å². The molecule has 152 valence electrons. The maximum absolute atomic E-state index is 12.7. The van der Waals surface area contributed by atoms with Gasteiger partial charge in [-0.15, -0.1) is 0 Å². The highest BCUT2D eigenvalue weighted by Gasteiger charge is 2.30. The number of nitrogens with zero attached hydrogens (tertiary/aromatic N) is 6. The van der Waals surface area contributed by atoms with Gasteiger partial charge in [0.2, 0.25) is 5.95 Å². The minimum absolute atomic E-state index is 0.0300. The average molecular weight is 387 g/mol. The Morgan fingerprint density at radius 2 is 2.14 bits per heavy atom. The van der Waals surface area contributed by atoms with Crippen LogP contribution in [0.15, 0.2) is 23.3 Å². The van der Waals surface area contributed by atoms with Crippen molar-refractivity contribution in [3.05, 3.63) is 40.1 Å². The monoisotopic (exact) mass is 387 g/mol. The maximum Gasteiger partial charge on any atom is 0.257 e. The molecule has 2 aromatic heterocycles. The Morgan fingerprint density at radius 1 is 1.36 bits per heavy atom. The largest absolute Gasteiger partial charge is 0.348 e. The highest BCUT2D eigenvalue weighted by molar-refractivity contribution is 5.93. The maximum atomic E-state index is 12.7. The number of nitrogens with one attached hydrogen (secondary N) is 1. The minimum atomic E-state index is -0.158. The molecule has 1 aliphatic heterocycles. The summed E-state index contributed by atoms with van der Waals surface area (Å²) in [5, 5.41) is 4.25. The quantitative estimate of drug-likeness (QED) is 0.755. The second-order valence-electron chi connectivity index (χ2n) is 7.56. The molecular weight excluding hydrogens is 358 g/mol. The number of likely N-dealkylation sites (tertiary alicyclic amines) is 1. The second-order valence-corrected chi connectivity index (χ2v) is 7.56. The van der Waals surface area contributed by atoms with Crippen molar-refractivity contribution in [3.8, 4) is 0 Å². The topological polar surface area (TPSA) is 90.4 Å². The zero-order chi connectivity index (χ0) is 20.3. The molecule has 0 spiro atoms. The molecule has 0 unspecified atom stereocenters. The van der Waals surface area contributed by atoms with Gasteiger partial charge in [-0.2, -0.15) is 5.10 Å². The van der Waals surface area contributed by atoms with Gasteiger partial charge in [0.25, 0.3) is 11.5 Å². The van der Waals surface area contributed by atoms with Crippen LogP contribution in [0.4, 0.5) is 5.95 Å². The molecule has 0 aromatic carbocycles. The number of aryl methyl sites for hydroxylation is 1. The molecule has 9 heteroatoms. The van der Waals surface area contributed by atoms with Crippen molar-refractivity contribution in [1.29, 1.82) is 0 Å². The second kappa shape index (κ2) is 8.55. The van der Waals surface area contributed by atoms with Crippen molar-refractivity contribution in [2.45, 2.75) is 38.9 Å². The molecule has 2 aromatic rings. The standard InChI is InChI=1S/C19H29N7O2/c1-5-7-26-11-14(10-20-26)18(28)25-8-6-16(13-25)24(4)12-15-9-17(27)22-19(21-15)23(2)3/h9-11,16H,5-8,12-13H2,1-4H3,(H,21,22,27)/t16-/m0/s1. The Balaban J connectivity index is 1.61. The van der Waals surface area contributed by atoms with E-state index in [1.165, 1.54) is 6.07 Å². The van der Waals surface area contributed by atoms with Crippen LogP contribution in [-0.4, -0.2) is 75.7 Å².